The molecular formula is C75H120N15+5. The minimum Gasteiger partial charge on any atom is -0.264 e. The second-order valence-corrected chi connectivity index (χ2v) is 16.2. The van der Waals surface area contributed by atoms with Crippen LogP contribution in [0.15, 0.2) is 184 Å². The molecule has 0 aromatic carbocycles. The highest BCUT2D eigenvalue weighted by atomic mass is 15.3. The van der Waals surface area contributed by atoms with E-state index in [1.165, 1.54) is 23.0 Å². The summed E-state index contributed by atoms with van der Waals surface area (Å²) in [6, 6.07) is 28.0. The van der Waals surface area contributed by atoms with Gasteiger partial charge in [0, 0.05) is 66.5 Å². The Morgan fingerprint density at radius 3 is 1.10 bits per heavy atom. The molecule has 0 saturated carbocycles. The van der Waals surface area contributed by atoms with Crippen LogP contribution in [0.2, 0.25) is 0 Å². The molecule has 15 nitrogen and oxygen atoms in total. The molecule has 10 rings (SSSR count). The van der Waals surface area contributed by atoms with E-state index < -0.39 is 0 Å². The molecule has 90 heavy (non-hydrogen) atoms. The number of rotatable bonds is 5. The van der Waals surface area contributed by atoms with Gasteiger partial charge in [-0.25, -0.2) is 29.1 Å². The monoisotopic (exact) mass is 1230 g/mol. The Labute approximate surface area is 547 Å². The van der Waals surface area contributed by atoms with Gasteiger partial charge in [-0.1, -0.05) is 172 Å². The second-order valence-electron chi connectivity index (χ2n) is 16.2. The highest BCUT2D eigenvalue weighted by Crippen LogP contribution is 2.19. The molecule has 10 heterocycles. The number of hydrogen-bond acceptors (Lipinski definition) is 10. The highest BCUT2D eigenvalue weighted by Gasteiger charge is 2.16. The van der Waals surface area contributed by atoms with Crippen LogP contribution in [-0.2, 0) is 35.2 Å². The van der Waals surface area contributed by atoms with Crippen molar-refractivity contribution < 1.29 is 23.0 Å². The molecular weight excluding hydrogens is 1110 g/mol. The topological polar surface area (TPSA) is 148 Å². The lowest BCUT2D eigenvalue weighted by atomic mass is 10.1. The van der Waals surface area contributed by atoms with Crippen molar-refractivity contribution in [3.05, 3.63) is 212 Å². The lowest BCUT2D eigenvalue weighted by Gasteiger charge is -2.03. The van der Waals surface area contributed by atoms with Crippen LogP contribution in [0.25, 0.3) is 56.9 Å². The van der Waals surface area contributed by atoms with E-state index in [4.69, 9.17) is 0 Å². The van der Waals surface area contributed by atoms with Gasteiger partial charge in [0.1, 0.15) is 56.0 Å². The minimum absolute atomic E-state index is 0.894. The molecule has 0 amide bonds. The summed E-state index contributed by atoms with van der Waals surface area (Å²) in [5.41, 5.74) is 15.1. The Kier molecular flexibility index (Phi) is 60.4. The maximum Gasteiger partial charge on any atom is 0.348 e. The Hall–Kier alpha value is -8.85. The van der Waals surface area contributed by atoms with E-state index in [0.29, 0.717) is 0 Å². The van der Waals surface area contributed by atoms with E-state index in [2.05, 4.69) is 99.6 Å². The molecule has 0 atom stereocenters. The van der Waals surface area contributed by atoms with Gasteiger partial charge in [0.05, 0.1) is 32.1 Å². The van der Waals surface area contributed by atoms with Crippen LogP contribution in [0.3, 0.4) is 0 Å². The normalized spacial score (nSPS) is 8.56. The van der Waals surface area contributed by atoms with Crippen LogP contribution >= 0.6 is 0 Å². The van der Waals surface area contributed by atoms with Crippen molar-refractivity contribution >= 4 is 0 Å². The summed E-state index contributed by atoms with van der Waals surface area (Å²) in [4.78, 5) is 38.0. The molecule has 0 saturated heterocycles. The quantitative estimate of drug-likeness (QED) is 0.152. The Morgan fingerprint density at radius 1 is 0.278 bits per heavy atom. The van der Waals surface area contributed by atoms with Gasteiger partial charge in [-0.15, -0.1) is 0 Å². The van der Waals surface area contributed by atoms with Gasteiger partial charge < -0.3 is 0 Å². The van der Waals surface area contributed by atoms with Crippen molar-refractivity contribution in [3.8, 4) is 56.9 Å². The van der Waals surface area contributed by atoms with Gasteiger partial charge >= 0.3 is 5.82 Å². The zero-order valence-corrected chi connectivity index (χ0v) is 61.5. The Balaban J connectivity index is -0.000000312. The van der Waals surface area contributed by atoms with E-state index in [1.54, 1.807) is 54.4 Å². The smallest absolute Gasteiger partial charge is 0.264 e. The second kappa shape index (κ2) is 60.4. The number of hydrogen-bond donors (Lipinski definition) is 0. The fraction of sp³-hybridized carbons (Fsp3) is 0.400. The van der Waals surface area contributed by atoms with Crippen LogP contribution in [0.4, 0.5) is 0 Å². The first-order chi connectivity index (χ1) is 43.9. The first kappa shape index (κ1) is 89.9. The largest absolute Gasteiger partial charge is 0.348 e. The summed E-state index contributed by atoms with van der Waals surface area (Å²) in [5, 5.41) is 4.07. The SMILES string of the molecule is CC.CC.CC.CC.CC.CC.CC.CC.CC.CC.Cc1cccnc1-c1cccc[n+]1C.Cc1cccnc1-c1ccnc[n+]1C.Cc1cccnc1-c1cncc[n+]1C.Cc1cccnc1-c1nccc[n+]1C.Cc1ccncc1-c1cncn[n+]1C. The van der Waals surface area contributed by atoms with E-state index in [0.717, 1.165) is 68.1 Å². The molecule has 490 valence electrons. The van der Waals surface area contributed by atoms with Crippen LogP contribution in [0.5, 0.6) is 0 Å². The van der Waals surface area contributed by atoms with Crippen molar-refractivity contribution in [1.82, 2.24) is 50.0 Å². The molecule has 10 aromatic rings. The summed E-state index contributed by atoms with van der Waals surface area (Å²) >= 11 is 0. The highest BCUT2D eigenvalue weighted by molar-refractivity contribution is 5.58. The van der Waals surface area contributed by atoms with E-state index in [1.807, 2.05) is 305 Å². The average Bonchev–Trinajstić information content (AvgIpc) is 2.35. The first-order valence-electron chi connectivity index (χ1n) is 32.5. The number of aromatic nitrogens is 15. The van der Waals surface area contributed by atoms with Gasteiger partial charge in [0.15, 0.2) is 37.2 Å². The molecule has 10 aromatic heterocycles. The zero-order valence-electron chi connectivity index (χ0n) is 61.5. The van der Waals surface area contributed by atoms with Crippen molar-refractivity contribution in [3.63, 3.8) is 0 Å². The predicted octanol–water partition coefficient (Wildman–Crippen LogP) is 16.6. The van der Waals surface area contributed by atoms with Crippen molar-refractivity contribution in [2.45, 2.75) is 173 Å². The molecule has 0 radical (unpaired) electrons. The molecule has 15 heteroatoms. The zero-order chi connectivity index (χ0) is 69.8. The molecule has 0 fully saturated rings. The van der Waals surface area contributed by atoms with Crippen LogP contribution < -0.4 is 23.0 Å². The van der Waals surface area contributed by atoms with Crippen LogP contribution in [0, 0.1) is 34.6 Å². The molecule has 0 bridgehead atoms. The predicted molar refractivity (Wildman–Crippen MR) is 380 cm³/mol. The third kappa shape index (κ3) is 32.9. The summed E-state index contributed by atoms with van der Waals surface area (Å²) in [6.45, 7) is 50.3. The number of nitrogens with zero attached hydrogens (tertiary/aromatic N) is 15. The van der Waals surface area contributed by atoms with Crippen molar-refractivity contribution in [2.75, 3.05) is 0 Å². The third-order valence-corrected chi connectivity index (χ3v) is 11.0. The lowest BCUT2D eigenvalue weighted by molar-refractivity contribution is -0.721. The molecule has 0 N–H and O–H groups in total. The van der Waals surface area contributed by atoms with E-state index in [-0.39, 0.29) is 0 Å². The Morgan fingerprint density at radius 2 is 0.678 bits per heavy atom. The first-order valence-corrected chi connectivity index (χ1v) is 32.5. The molecule has 0 spiro atoms. The summed E-state index contributed by atoms with van der Waals surface area (Å²) in [5.74, 6) is 0.894. The molecule has 0 aliphatic heterocycles. The van der Waals surface area contributed by atoms with Gasteiger partial charge in [-0.05, 0) is 104 Å². The maximum absolute atomic E-state index is 4.39. The maximum atomic E-state index is 4.39. The lowest BCUT2D eigenvalue weighted by Crippen LogP contribution is -2.35. The van der Waals surface area contributed by atoms with Crippen LogP contribution in [0.1, 0.15) is 166 Å². The van der Waals surface area contributed by atoms with E-state index >= 15 is 0 Å². The van der Waals surface area contributed by atoms with Crippen molar-refractivity contribution in [1.29, 1.82) is 0 Å². The summed E-state index contributed by atoms with van der Waals surface area (Å²) < 4.78 is 9.82. The van der Waals surface area contributed by atoms with E-state index in [9.17, 15) is 0 Å². The fourth-order valence-corrected chi connectivity index (χ4v) is 7.08. The number of pyridine rings is 6. The van der Waals surface area contributed by atoms with Gasteiger partial charge in [-0.3, -0.25) is 15.0 Å². The van der Waals surface area contributed by atoms with Gasteiger partial charge in [-0.2, -0.15) is 9.13 Å². The van der Waals surface area contributed by atoms with Crippen LogP contribution in [-0.4, -0.2) is 50.0 Å². The third-order valence-electron chi connectivity index (χ3n) is 11.0. The summed E-state index contributed by atoms with van der Waals surface area (Å²) in [7, 11) is 9.85. The standard InChI is InChI=1S/C12H13N2.3C11H12N3.C10H11N4.10C2H6/c1-10-6-5-8-13-12(10)11-7-3-4-9-14(11)2;1-9-5-3-6-12-10(9)11-13-7-4-8-14(11)2;1-9-4-3-6-13-11(9)10-5-7-12-8-14(10)2;1-9-4-3-5-13-11(9)10-8-12-6-7-14(10)2;1-8-3-4-11-5-9(8)10-6-12-7-13-14(10)2;10*1-2/h3-9H,1-2H3;3*3-8H,1-2H3;3-7H,1-2H3;10*1-2H3/q5*+1;;;;;;;;;;. The minimum atomic E-state index is 0.894. The number of aryl methyl sites for hydroxylation is 10. The summed E-state index contributed by atoms with van der Waals surface area (Å²) in [6.07, 6.45) is 29.0. The fourth-order valence-electron chi connectivity index (χ4n) is 7.08. The van der Waals surface area contributed by atoms with Gasteiger partial charge in [0.25, 0.3) is 12.0 Å². The molecule has 0 aliphatic rings. The Bertz CT molecular complexity index is 2550. The molecule has 0 unspecified atom stereocenters. The van der Waals surface area contributed by atoms with Gasteiger partial charge in [0.2, 0.25) is 11.4 Å². The van der Waals surface area contributed by atoms with Crippen molar-refractivity contribution in [2.24, 2.45) is 35.2 Å². The molecule has 0 aliphatic carbocycles. The average molecular weight is 1230 g/mol.